The normalized spacial score (nSPS) is 20.3. The van der Waals surface area contributed by atoms with Gasteiger partial charge in [-0.3, -0.25) is 4.79 Å². The van der Waals surface area contributed by atoms with Crippen molar-refractivity contribution in [3.63, 3.8) is 0 Å². The van der Waals surface area contributed by atoms with Crippen LogP contribution in [0.2, 0.25) is 0 Å². The Hall–Kier alpha value is -0.940. The van der Waals surface area contributed by atoms with Crippen LogP contribution >= 0.6 is 11.3 Å². The lowest BCUT2D eigenvalue weighted by molar-refractivity contribution is 0.0673. The molecule has 0 aromatic carbocycles. The van der Waals surface area contributed by atoms with E-state index in [0.717, 1.165) is 37.2 Å². The lowest BCUT2D eigenvalue weighted by Crippen LogP contribution is -2.39. The van der Waals surface area contributed by atoms with Gasteiger partial charge in [-0.25, -0.2) is 4.98 Å². The third-order valence-electron chi connectivity index (χ3n) is 3.74. The van der Waals surface area contributed by atoms with Gasteiger partial charge in [0.2, 0.25) is 0 Å². The number of nitrogens with zero attached hydrogens (tertiary/aromatic N) is 2. The summed E-state index contributed by atoms with van der Waals surface area (Å²) in [6, 6.07) is 0.384. The molecule has 1 amide bonds. The highest BCUT2D eigenvalue weighted by molar-refractivity contribution is 7.09. The molecule has 4 nitrogen and oxygen atoms in total. The van der Waals surface area contributed by atoms with Crippen LogP contribution in [0, 0.1) is 0 Å². The van der Waals surface area contributed by atoms with Gasteiger partial charge in [0.1, 0.15) is 5.69 Å². The van der Waals surface area contributed by atoms with Crippen molar-refractivity contribution < 1.29 is 4.79 Å². The Balaban J connectivity index is 2.10. The molecule has 1 aromatic heterocycles. The number of hydrogen-bond donors (Lipinski definition) is 1. The van der Waals surface area contributed by atoms with Gasteiger partial charge in [0, 0.05) is 24.4 Å². The maximum Gasteiger partial charge on any atom is 0.273 e. The molecule has 0 radical (unpaired) electrons. The van der Waals surface area contributed by atoms with Crippen LogP contribution in [-0.2, 0) is 6.42 Å². The van der Waals surface area contributed by atoms with E-state index in [1.54, 1.807) is 11.3 Å². The molecule has 1 saturated heterocycles. The third kappa shape index (κ3) is 3.54. The zero-order valence-corrected chi connectivity index (χ0v) is 12.4. The van der Waals surface area contributed by atoms with Crippen molar-refractivity contribution in [2.45, 2.75) is 51.5 Å². The fourth-order valence-electron chi connectivity index (χ4n) is 2.66. The maximum absolute atomic E-state index is 12.6. The van der Waals surface area contributed by atoms with Gasteiger partial charge in [0.05, 0.1) is 5.01 Å². The van der Waals surface area contributed by atoms with Gasteiger partial charge in [-0.1, -0.05) is 19.8 Å². The van der Waals surface area contributed by atoms with Crippen LogP contribution in [0.15, 0.2) is 5.38 Å². The largest absolute Gasteiger partial charge is 0.334 e. The van der Waals surface area contributed by atoms with Crippen LogP contribution in [-0.4, -0.2) is 34.9 Å². The van der Waals surface area contributed by atoms with Crippen LogP contribution in [0.3, 0.4) is 0 Å². The average Bonchev–Trinajstić information content (AvgIpc) is 2.75. The molecule has 2 rings (SSSR count). The molecule has 106 valence electrons. The molecule has 1 unspecified atom stereocenters. The average molecular weight is 281 g/mol. The SMILES string of the molecule is CCC1CCCCCN1C(=O)c1csc(CCN)n1. The van der Waals surface area contributed by atoms with Gasteiger partial charge in [0.25, 0.3) is 5.91 Å². The van der Waals surface area contributed by atoms with Crippen molar-refractivity contribution in [1.82, 2.24) is 9.88 Å². The van der Waals surface area contributed by atoms with Crippen molar-refractivity contribution in [3.8, 4) is 0 Å². The molecule has 5 heteroatoms. The molecule has 0 bridgehead atoms. The van der Waals surface area contributed by atoms with Gasteiger partial charge in [-0.2, -0.15) is 0 Å². The number of thiazole rings is 1. The van der Waals surface area contributed by atoms with E-state index in [1.807, 2.05) is 10.3 Å². The standard InChI is InChI=1S/C14H23N3OS/c1-2-11-6-4-3-5-9-17(11)14(18)12-10-19-13(16-12)7-8-15/h10-11H,2-9,15H2,1H3. The number of amides is 1. The zero-order chi connectivity index (χ0) is 13.7. The summed E-state index contributed by atoms with van der Waals surface area (Å²) in [5.41, 5.74) is 6.13. The second-order valence-electron chi connectivity index (χ2n) is 5.08. The number of likely N-dealkylation sites (tertiary alicyclic amines) is 1. The minimum Gasteiger partial charge on any atom is -0.334 e. The highest BCUT2D eigenvalue weighted by Crippen LogP contribution is 2.22. The van der Waals surface area contributed by atoms with Crippen molar-refractivity contribution in [2.75, 3.05) is 13.1 Å². The van der Waals surface area contributed by atoms with Crippen molar-refractivity contribution >= 4 is 17.2 Å². The van der Waals surface area contributed by atoms with E-state index in [4.69, 9.17) is 5.73 Å². The second kappa shape index (κ2) is 7.01. The number of nitrogens with two attached hydrogens (primary N) is 1. The number of carbonyl (C=O) groups excluding carboxylic acids is 1. The lowest BCUT2D eigenvalue weighted by Gasteiger charge is -2.28. The summed E-state index contributed by atoms with van der Waals surface area (Å²) in [4.78, 5) is 19.0. The molecule has 0 saturated carbocycles. The number of rotatable bonds is 4. The summed E-state index contributed by atoms with van der Waals surface area (Å²) in [5, 5.41) is 2.85. The second-order valence-corrected chi connectivity index (χ2v) is 6.02. The first-order chi connectivity index (χ1) is 9.26. The van der Waals surface area contributed by atoms with E-state index in [2.05, 4.69) is 11.9 Å². The molecule has 0 aliphatic carbocycles. The molecular weight excluding hydrogens is 258 g/mol. The van der Waals surface area contributed by atoms with E-state index < -0.39 is 0 Å². The molecule has 1 fully saturated rings. The fraction of sp³-hybridized carbons (Fsp3) is 0.714. The van der Waals surface area contributed by atoms with Crippen molar-refractivity contribution in [3.05, 3.63) is 16.1 Å². The topological polar surface area (TPSA) is 59.2 Å². The number of hydrogen-bond acceptors (Lipinski definition) is 4. The van der Waals surface area contributed by atoms with Gasteiger partial charge in [0.15, 0.2) is 0 Å². The highest BCUT2D eigenvalue weighted by Gasteiger charge is 2.26. The van der Waals surface area contributed by atoms with Crippen LogP contribution < -0.4 is 5.73 Å². The zero-order valence-electron chi connectivity index (χ0n) is 11.6. The monoisotopic (exact) mass is 281 g/mol. The quantitative estimate of drug-likeness (QED) is 0.922. The van der Waals surface area contributed by atoms with Crippen LogP contribution in [0.5, 0.6) is 0 Å². The summed E-state index contributed by atoms with van der Waals surface area (Å²) in [7, 11) is 0. The molecule has 1 aliphatic heterocycles. The number of carbonyl (C=O) groups is 1. The molecule has 1 aliphatic rings. The first-order valence-corrected chi connectivity index (χ1v) is 8.09. The minimum atomic E-state index is 0.105. The summed E-state index contributed by atoms with van der Waals surface area (Å²) >= 11 is 1.54. The van der Waals surface area contributed by atoms with E-state index in [-0.39, 0.29) is 5.91 Å². The summed E-state index contributed by atoms with van der Waals surface area (Å²) in [5.74, 6) is 0.105. The lowest BCUT2D eigenvalue weighted by atomic mass is 10.1. The third-order valence-corrected chi connectivity index (χ3v) is 4.65. The van der Waals surface area contributed by atoms with Gasteiger partial charge in [-0.15, -0.1) is 11.3 Å². The summed E-state index contributed by atoms with van der Waals surface area (Å²) in [6.07, 6.45) is 6.50. The minimum absolute atomic E-state index is 0.105. The molecule has 2 N–H and O–H groups in total. The maximum atomic E-state index is 12.6. The van der Waals surface area contributed by atoms with Gasteiger partial charge in [-0.05, 0) is 25.8 Å². The Kier molecular flexibility index (Phi) is 5.34. The molecule has 1 aromatic rings. The molecule has 19 heavy (non-hydrogen) atoms. The Bertz CT molecular complexity index is 419. The van der Waals surface area contributed by atoms with Crippen LogP contribution in [0.25, 0.3) is 0 Å². The highest BCUT2D eigenvalue weighted by atomic mass is 32.1. The van der Waals surface area contributed by atoms with Crippen LogP contribution in [0.4, 0.5) is 0 Å². The van der Waals surface area contributed by atoms with Crippen molar-refractivity contribution in [2.24, 2.45) is 5.73 Å². The predicted molar refractivity (Wildman–Crippen MR) is 78.5 cm³/mol. The first-order valence-electron chi connectivity index (χ1n) is 7.21. The Labute approximate surface area is 119 Å². The molecule has 2 heterocycles. The van der Waals surface area contributed by atoms with Gasteiger partial charge >= 0.3 is 0 Å². The molecule has 1 atom stereocenters. The first kappa shape index (κ1) is 14.5. The summed E-state index contributed by atoms with van der Waals surface area (Å²) < 4.78 is 0. The predicted octanol–water partition coefficient (Wildman–Crippen LogP) is 2.44. The molecule has 0 spiro atoms. The van der Waals surface area contributed by atoms with E-state index in [0.29, 0.717) is 18.3 Å². The Morgan fingerprint density at radius 3 is 3.11 bits per heavy atom. The van der Waals surface area contributed by atoms with Gasteiger partial charge < -0.3 is 10.6 Å². The Morgan fingerprint density at radius 1 is 1.53 bits per heavy atom. The fourth-order valence-corrected chi connectivity index (χ4v) is 3.45. The van der Waals surface area contributed by atoms with Crippen molar-refractivity contribution in [1.29, 1.82) is 0 Å². The summed E-state index contributed by atoms with van der Waals surface area (Å²) in [6.45, 7) is 3.63. The molecular formula is C14H23N3OS. The van der Waals surface area contributed by atoms with Crippen LogP contribution in [0.1, 0.15) is 54.5 Å². The Morgan fingerprint density at radius 2 is 2.37 bits per heavy atom. The smallest absolute Gasteiger partial charge is 0.273 e. The number of aromatic nitrogens is 1. The van der Waals surface area contributed by atoms with E-state index >= 15 is 0 Å². The van der Waals surface area contributed by atoms with E-state index in [9.17, 15) is 4.79 Å². The van der Waals surface area contributed by atoms with E-state index in [1.165, 1.54) is 12.8 Å².